The van der Waals surface area contributed by atoms with E-state index in [0.29, 0.717) is 36.0 Å². The first-order valence-corrected chi connectivity index (χ1v) is 9.63. The molecule has 1 aliphatic rings. The molecule has 4 rings (SSSR count). The van der Waals surface area contributed by atoms with Crippen LogP contribution in [-0.4, -0.2) is 39.9 Å². The molecule has 1 N–H and O–H groups in total. The van der Waals surface area contributed by atoms with Gasteiger partial charge >= 0.3 is 12.1 Å². The molecule has 0 amide bonds. The molecule has 0 spiro atoms. The molecule has 0 aliphatic heterocycles. The van der Waals surface area contributed by atoms with E-state index in [1.807, 2.05) is 0 Å². The molecular weight excluding hydrogens is 387 g/mol. The largest absolute Gasteiger partial charge is 0.471 e. The van der Waals surface area contributed by atoms with Crippen molar-refractivity contribution in [2.75, 3.05) is 6.54 Å². The van der Waals surface area contributed by atoms with Gasteiger partial charge in [-0.3, -0.25) is 0 Å². The van der Waals surface area contributed by atoms with E-state index in [1.165, 1.54) is 6.33 Å². The summed E-state index contributed by atoms with van der Waals surface area (Å²) in [4.78, 5) is 7.55. The van der Waals surface area contributed by atoms with Crippen molar-refractivity contribution >= 4 is 21.1 Å². The highest BCUT2D eigenvalue weighted by Gasteiger charge is 2.38. The number of hydrogen-bond donors (Lipinski definition) is 1. The summed E-state index contributed by atoms with van der Waals surface area (Å²) in [5.41, 5.74) is 1.57. The molecule has 1 fully saturated rings. The van der Waals surface area contributed by atoms with E-state index in [2.05, 4.69) is 24.4 Å². The van der Waals surface area contributed by atoms with Gasteiger partial charge in [-0.1, -0.05) is 5.16 Å². The summed E-state index contributed by atoms with van der Waals surface area (Å²) in [5, 5.41) is 3.07. The first-order chi connectivity index (χ1) is 12.7. The third kappa shape index (κ3) is 3.67. The zero-order valence-corrected chi connectivity index (χ0v) is 14.6. The molecule has 27 heavy (non-hydrogen) atoms. The molecule has 144 valence electrons. The lowest BCUT2D eigenvalue weighted by molar-refractivity contribution is -0.159. The molecular formula is C15H14F3N5O3S. The summed E-state index contributed by atoms with van der Waals surface area (Å²) in [7, 11) is -3.25. The van der Waals surface area contributed by atoms with Gasteiger partial charge in [0, 0.05) is 18.7 Å². The monoisotopic (exact) mass is 401 g/mol. The first-order valence-electron chi connectivity index (χ1n) is 8.09. The molecule has 1 saturated carbocycles. The molecule has 3 aromatic rings. The van der Waals surface area contributed by atoms with Crippen LogP contribution in [0.5, 0.6) is 0 Å². The van der Waals surface area contributed by atoms with Crippen molar-refractivity contribution in [3.63, 3.8) is 0 Å². The summed E-state index contributed by atoms with van der Waals surface area (Å²) in [6.07, 6.45) is -1.78. The molecule has 0 saturated heterocycles. The highest BCUT2D eigenvalue weighted by Crippen LogP contribution is 2.30. The highest BCUT2D eigenvalue weighted by atomic mass is 32.2. The summed E-state index contributed by atoms with van der Waals surface area (Å²) in [6, 6.07) is 4.77. The molecule has 1 aliphatic carbocycles. The van der Waals surface area contributed by atoms with E-state index in [4.69, 9.17) is 0 Å². The van der Waals surface area contributed by atoms with Crippen LogP contribution in [0.3, 0.4) is 0 Å². The number of nitrogens with one attached hydrogen (secondary N) is 1. The lowest BCUT2D eigenvalue weighted by atomic mass is 10.2. The SMILES string of the molecule is O=S(=O)(NCCn1cnc2cc(-c3noc(C(F)(F)F)n3)ccc21)C1CC1. The van der Waals surface area contributed by atoms with Gasteiger partial charge in [0.15, 0.2) is 0 Å². The fraction of sp³-hybridized carbons (Fsp3) is 0.400. The smallest absolute Gasteiger partial charge is 0.329 e. The van der Waals surface area contributed by atoms with Crippen LogP contribution in [-0.2, 0) is 22.7 Å². The van der Waals surface area contributed by atoms with Crippen molar-refractivity contribution in [2.24, 2.45) is 0 Å². The van der Waals surface area contributed by atoms with Gasteiger partial charge in [-0.25, -0.2) is 18.1 Å². The number of hydrogen-bond acceptors (Lipinski definition) is 6. The maximum Gasteiger partial charge on any atom is 0.471 e. The number of sulfonamides is 1. The summed E-state index contributed by atoms with van der Waals surface area (Å²) >= 11 is 0. The lowest BCUT2D eigenvalue weighted by Gasteiger charge is -2.07. The Morgan fingerprint density at radius 2 is 2.07 bits per heavy atom. The molecule has 2 aromatic heterocycles. The van der Waals surface area contributed by atoms with E-state index in [0.717, 1.165) is 0 Å². The number of nitrogens with zero attached hydrogens (tertiary/aromatic N) is 4. The van der Waals surface area contributed by atoms with Crippen molar-refractivity contribution < 1.29 is 26.1 Å². The van der Waals surface area contributed by atoms with Crippen LogP contribution in [0.4, 0.5) is 13.2 Å². The average Bonchev–Trinajstić information content (AvgIpc) is 3.21. The number of aromatic nitrogens is 4. The maximum absolute atomic E-state index is 12.6. The van der Waals surface area contributed by atoms with Crippen molar-refractivity contribution in [3.05, 3.63) is 30.4 Å². The van der Waals surface area contributed by atoms with Crippen molar-refractivity contribution in [2.45, 2.75) is 30.8 Å². The number of imidazole rings is 1. The number of fused-ring (bicyclic) bond motifs is 1. The minimum absolute atomic E-state index is 0.184. The van der Waals surface area contributed by atoms with Gasteiger partial charge in [0.1, 0.15) is 0 Å². The van der Waals surface area contributed by atoms with Gasteiger partial charge in [-0.2, -0.15) is 18.2 Å². The maximum atomic E-state index is 12.6. The third-order valence-electron chi connectivity index (χ3n) is 4.17. The minimum atomic E-state index is -4.70. The van der Waals surface area contributed by atoms with E-state index in [9.17, 15) is 21.6 Å². The van der Waals surface area contributed by atoms with Crippen LogP contribution < -0.4 is 4.72 Å². The summed E-state index contributed by atoms with van der Waals surface area (Å²) in [6.45, 7) is 0.605. The molecule has 0 unspecified atom stereocenters. The van der Waals surface area contributed by atoms with Gasteiger partial charge < -0.3 is 9.09 Å². The van der Waals surface area contributed by atoms with Crippen molar-refractivity contribution in [3.8, 4) is 11.4 Å². The zero-order chi connectivity index (χ0) is 19.2. The van der Waals surface area contributed by atoms with Crippen molar-refractivity contribution in [1.29, 1.82) is 0 Å². The number of halogens is 3. The zero-order valence-electron chi connectivity index (χ0n) is 13.8. The average molecular weight is 401 g/mol. The van der Waals surface area contributed by atoms with Crippen LogP contribution in [0.25, 0.3) is 22.4 Å². The van der Waals surface area contributed by atoms with Gasteiger partial charge in [0.25, 0.3) is 0 Å². The Kier molecular flexibility index (Phi) is 4.18. The third-order valence-corrected chi connectivity index (χ3v) is 6.12. The van der Waals surface area contributed by atoms with Gasteiger partial charge in [-0.05, 0) is 31.0 Å². The Labute approximate surface area is 151 Å². The van der Waals surface area contributed by atoms with Crippen LogP contribution in [0.15, 0.2) is 29.0 Å². The lowest BCUT2D eigenvalue weighted by Crippen LogP contribution is -2.30. The topological polar surface area (TPSA) is 103 Å². The standard InChI is InChI=1S/C15H14F3N5O3S/c16-15(17,18)14-21-13(22-26-14)9-1-4-12-11(7-9)19-8-23(12)6-5-20-27(24,25)10-2-3-10/h1,4,7-8,10,20H,2-3,5-6H2. The Balaban J connectivity index is 1.50. The number of benzene rings is 1. The summed E-state index contributed by atoms with van der Waals surface area (Å²) in [5.74, 6) is -1.60. The quantitative estimate of drug-likeness (QED) is 0.679. The fourth-order valence-corrected chi connectivity index (χ4v) is 4.01. The molecule has 1 aromatic carbocycles. The Bertz CT molecular complexity index is 1090. The van der Waals surface area contributed by atoms with Gasteiger partial charge in [-0.15, -0.1) is 0 Å². The second-order valence-electron chi connectivity index (χ2n) is 6.20. The van der Waals surface area contributed by atoms with Crippen LogP contribution in [0.1, 0.15) is 18.7 Å². The second-order valence-corrected chi connectivity index (χ2v) is 8.25. The van der Waals surface area contributed by atoms with Gasteiger partial charge in [0.2, 0.25) is 15.8 Å². The highest BCUT2D eigenvalue weighted by molar-refractivity contribution is 7.90. The predicted octanol–water partition coefficient (Wildman–Crippen LogP) is 2.19. The second kappa shape index (κ2) is 6.30. The fourth-order valence-electron chi connectivity index (χ4n) is 2.64. The van der Waals surface area contributed by atoms with E-state index >= 15 is 0 Å². The Morgan fingerprint density at radius 3 is 2.74 bits per heavy atom. The van der Waals surface area contributed by atoms with Crippen LogP contribution in [0, 0.1) is 0 Å². The molecule has 0 atom stereocenters. The Morgan fingerprint density at radius 1 is 1.30 bits per heavy atom. The van der Waals surface area contributed by atoms with Crippen LogP contribution in [0.2, 0.25) is 0 Å². The number of rotatable bonds is 6. The van der Waals surface area contributed by atoms with Crippen LogP contribution >= 0.6 is 0 Å². The molecule has 2 heterocycles. The number of alkyl halides is 3. The minimum Gasteiger partial charge on any atom is -0.329 e. The molecule has 8 nitrogen and oxygen atoms in total. The predicted molar refractivity (Wildman–Crippen MR) is 88.0 cm³/mol. The van der Waals surface area contributed by atoms with Gasteiger partial charge in [0.05, 0.1) is 22.6 Å². The molecule has 12 heteroatoms. The van der Waals surface area contributed by atoms with E-state index in [1.54, 1.807) is 22.8 Å². The molecule has 0 radical (unpaired) electrons. The van der Waals surface area contributed by atoms with E-state index < -0.39 is 22.1 Å². The Hall–Kier alpha value is -2.47. The first kappa shape index (κ1) is 17.9. The van der Waals surface area contributed by atoms with E-state index in [-0.39, 0.29) is 17.6 Å². The molecule has 0 bridgehead atoms. The summed E-state index contributed by atoms with van der Waals surface area (Å²) < 4.78 is 69.9. The normalized spacial score (nSPS) is 15.5. The van der Waals surface area contributed by atoms with Crippen molar-refractivity contribution in [1.82, 2.24) is 24.4 Å².